The standard InChI is InChI=1S/C30H20Cl2N4O2/c31-26-7-3-1-5-24(26)29(37)35-22-13-9-19(10-14-22)21-17-33-28(34-18-21)20-11-15-23(16-12-20)36-30(38)25-6-2-4-8-27(25)32/h1-18H,(H,35,37)(H,36,38). The van der Waals surface area contributed by atoms with Crippen molar-refractivity contribution >= 4 is 46.4 Å². The maximum Gasteiger partial charge on any atom is 0.257 e. The van der Waals surface area contributed by atoms with E-state index in [0.29, 0.717) is 38.4 Å². The van der Waals surface area contributed by atoms with E-state index in [1.54, 1.807) is 73.1 Å². The minimum atomic E-state index is -0.279. The number of benzene rings is 4. The van der Waals surface area contributed by atoms with Gasteiger partial charge in [0, 0.05) is 34.9 Å². The van der Waals surface area contributed by atoms with E-state index in [1.807, 2.05) is 36.4 Å². The summed E-state index contributed by atoms with van der Waals surface area (Å²) in [5.74, 6) is 0.00485. The molecule has 0 saturated carbocycles. The Kier molecular flexibility index (Phi) is 7.45. The molecule has 8 heteroatoms. The van der Waals surface area contributed by atoms with Gasteiger partial charge in [-0.3, -0.25) is 9.59 Å². The topological polar surface area (TPSA) is 84.0 Å². The molecule has 5 aromatic rings. The fourth-order valence-electron chi connectivity index (χ4n) is 3.76. The van der Waals surface area contributed by atoms with E-state index in [9.17, 15) is 9.59 Å². The number of hydrogen-bond acceptors (Lipinski definition) is 4. The van der Waals surface area contributed by atoms with E-state index in [1.165, 1.54) is 0 Å². The summed E-state index contributed by atoms with van der Waals surface area (Å²) in [5, 5.41) is 6.48. The molecule has 0 aliphatic rings. The van der Waals surface area contributed by atoms with Gasteiger partial charge in [-0.15, -0.1) is 0 Å². The van der Waals surface area contributed by atoms with Gasteiger partial charge in [-0.1, -0.05) is 59.6 Å². The van der Waals surface area contributed by atoms with Crippen LogP contribution in [0.2, 0.25) is 10.0 Å². The van der Waals surface area contributed by atoms with E-state index in [2.05, 4.69) is 20.6 Å². The van der Waals surface area contributed by atoms with E-state index in [0.717, 1.165) is 16.7 Å². The molecule has 0 aliphatic heterocycles. The molecule has 0 unspecified atom stereocenters. The molecule has 0 bridgehead atoms. The van der Waals surface area contributed by atoms with Crippen LogP contribution < -0.4 is 10.6 Å². The highest BCUT2D eigenvalue weighted by Gasteiger charge is 2.12. The number of rotatable bonds is 6. The summed E-state index contributed by atoms with van der Waals surface area (Å²) in [4.78, 5) is 33.9. The summed E-state index contributed by atoms with van der Waals surface area (Å²) in [6, 6.07) is 28.4. The Balaban J connectivity index is 1.23. The van der Waals surface area contributed by atoms with E-state index < -0.39 is 0 Å². The number of carbonyl (C=O) groups excluding carboxylic acids is 2. The van der Waals surface area contributed by atoms with Crippen LogP contribution in [0.3, 0.4) is 0 Å². The number of anilines is 2. The second-order valence-electron chi connectivity index (χ2n) is 8.32. The Morgan fingerprint density at radius 1 is 0.526 bits per heavy atom. The number of halogens is 2. The van der Waals surface area contributed by atoms with Gasteiger partial charge < -0.3 is 10.6 Å². The molecule has 0 atom stereocenters. The first-order valence-electron chi connectivity index (χ1n) is 11.6. The predicted octanol–water partition coefficient (Wildman–Crippen LogP) is 7.62. The molecule has 6 nitrogen and oxygen atoms in total. The van der Waals surface area contributed by atoms with Gasteiger partial charge in [-0.2, -0.15) is 0 Å². The Bertz CT molecular complexity index is 1480. The Morgan fingerprint density at radius 2 is 0.947 bits per heavy atom. The minimum Gasteiger partial charge on any atom is -0.322 e. The van der Waals surface area contributed by atoms with Crippen molar-refractivity contribution in [2.45, 2.75) is 0 Å². The maximum atomic E-state index is 12.5. The SMILES string of the molecule is O=C(Nc1ccc(-c2cnc(-c3ccc(NC(=O)c4ccccc4Cl)cc3)nc2)cc1)c1ccccc1Cl. The fraction of sp³-hybridized carbons (Fsp3) is 0. The van der Waals surface area contributed by atoms with Gasteiger partial charge in [0.1, 0.15) is 0 Å². The Labute approximate surface area is 229 Å². The zero-order chi connectivity index (χ0) is 26.5. The van der Waals surface area contributed by atoms with Crippen LogP contribution in [0.25, 0.3) is 22.5 Å². The quantitative estimate of drug-likeness (QED) is 0.233. The van der Waals surface area contributed by atoms with Crippen LogP contribution in [0.15, 0.2) is 109 Å². The first-order valence-corrected chi connectivity index (χ1v) is 12.4. The second kappa shape index (κ2) is 11.3. The van der Waals surface area contributed by atoms with Crippen LogP contribution in [0.1, 0.15) is 20.7 Å². The van der Waals surface area contributed by atoms with Gasteiger partial charge in [0.25, 0.3) is 11.8 Å². The Hall–Kier alpha value is -4.52. The first-order chi connectivity index (χ1) is 18.5. The third-order valence-electron chi connectivity index (χ3n) is 5.77. The highest BCUT2D eigenvalue weighted by Crippen LogP contribution is 2.24. The zero-order valence-electron chi connectivity index (χ0n) is 19.9. The zero-order valence-corrected chi connectivity index (χ0v) is 21.4. The van der Waals surface area contributed by atoms with Crippen molar-refractivity contribution in [3.05, 3.63) is 131 Å². The molecule has 186 valence electrons. The average molecular weight is 539 g/mol. The monoisotopic (exact) mass is 538 g/mol. The fourth-order valence-corrected chi connectivity index (χ4v) is 4.21. The highest BCUT2D eigenvalue weighted by atomic mass is 35.5. The Morgan fingerprint density at radius 3 is 1.39 bits per heavy atom. The molecule has 2 N–H and O–H groups in total. The lowest BCUT2D eigenvalue weighted by Crippen LogP contribution is -2.12. The highest BCUT2D eigenvalue weighted by molar-refractivity contribution is 6.34. The molecular weight excluding hydrogens is 519 g/mol. The number of hydrogen-bond donors (Lipinski definition) is 2. The molecule has 0 radical (unpaired) electrons. The molecule has 1 heterocycles. The number of amides is 2. The number of carbonyl (C=O) groups is 2. The normalized spacial score (nSPS) is 10.6. The lowest BCUT2D eigenvalue weighted by Gasteiger charge is -2.09. The van der Waals surface area contributed by atoms with Crippen molar-refractivity contribution < 1.29 is 9.59 Å². The van der Waals surface area contributed by atoms with Crippen molar-refractivity contribution in [2.75, 3.05) is 10.6 Å². The van der Waals surface area contributed by atoms with E-state index >= 15 is 0 Å². The van der Waals surface area contributed by atoms with Gasteiger partial charge in [0.2, 0.25) is 0 Å². The third kappa shape index (κ3) is 5.72. The van der Waals surface area contributed by atoms with Gasteiger partial charge >= 0.3 is 0 Å². The number of nitrogens with one attached hydrogen (secondary N) is 2. The van der Waals surface area contributed by atoms with Gasteiger partial charge in [-0.05, 0) is 66.2 Å². The minimum absolute atomic E-state index is 0.273. The molecular formula is C30H20Cl2N4O2. The molecule has 1 aromatic heterocycles. The van der Waals surface area contributed by atoms with Crippen LogP contribution in [0.4, 0.5) is 11.4 Å². The molecule has 5 rings (SSSR count). The van der Waals surface area contributed by atoms with Crippen LogP contribution >= 0.6 is 23.2 Å². The van der Waals surface area contributed by atoms with Gasteiger partial charge in [0.05, 0.1) is 21.2 Å². The number of nitrogens with zero attached hydrogens (tertiary/aromatic N) is 2. The molecule has 4 aromatic carbocycles. The largest absolute Gasteiger partial charge is 0.322 e. The van der Waals surface area contributed by atoms with Crippen molar-refractivity contribution in [3.8, 4) is 22.5 Å². The summed E-state index contributed by atoms with van der Waals surface area (Å²) in [5.41, 5.74) is 4.66. The van der Waals surface area contributed by atoms with Gasteiger partial charge in [-0.25, -0.2) is 9.97 Å². The smallest absolute Gasteiger partial charge is 0.257 e. The summed E-state index contributed by atoms with van der Waals surface area (Å²) in [6.07, 6.45) is 3.49. The molecule has 0 saturated heterocycles. The maximum absolute atomic E-state index is 12.5. The summed E-state index contributed by atoms with van der Waals surface area (Å²) < 4.78 is 0. The molecule has 0 fully saturated rings. The molecule has 0 aliphatic carbocycles. The summed E-state index contributed by atoms with van der Waals surface area (Å²) >= 11 is 12.2. The third-order valence-corrected chi connectivity index (χ3v) is 6.43. The summed E-state index contributed by atoms with van der Waals surface area (Å²) in [7, 11) is 0. The van der Waals surface area contributed by atoms with Crippen molar-refractivity contribution in [3.63, 3.8) is 0 Å². The van der Waals surface area contributed by atoms with Crippen LogP contribution in [0, 0.1) is 0 Å². The lowest BCUT2D eigenvalue weighted by atomic mass is 10.1. The van der Waals surface area contributed by atoms with Crippen LogP contribution in [-0.4, -0.2) is 21.8 Å². The molecule has 0 spiro atoms. The molecule has 38 heavy (non-hydrogen) atoms. The van der Waals surface area contributed by atoms with Gasteiger partial charge in [0.15, 0.2) is 5.82 Å². The van der Waals surface area contributed by atoms with Crippen molar-refractivity contribution in [1.29, 1.82) is 0 Å². The summed E-state index contributed by atoms with van der Waals surface area (Å²) in [6.45, 7) is 0. The second-order valence-corrected chi connectivity index (χ2v) is 9.13. The molecule has 2 amide bonds. The predicted molar refractivity (Wildman–Crippen MR) is 152 cm³/mol. The number of aromatic nitrogens is 2. The lowest BCUT2D eigenvalue weighted by molar-refractivity contribution is 0.101. The van der Waals surface area contributed by atoms with E-state index in [4.69, 9.17) is 23.2 Å². The van der Waals surface area contributed by atoms with E-state index in [-0.39, 0.29) is 11.8 Å². The van der Waals surface area contributed by atoms with Crippen LogP contribution in [0.5, 0.6) is 0 Å². The first kappa shape index (κ1) is 25.1. The van der Waals surface area contributed by atoms with Crippen molar-refractivity contribution in [2.24, 2.45) is 0 Å². The average Bonchev–Trinajstić information content (AvgIpc) is 2.94. The van der Waals surface area contributed by atoms with Crippen LogP contribution in [-0.2, 0) is 0 Å². The van der Waals surface area contributed by atoms with Crippen molar-refractivity contribution in [1.82, 2.24) is 9.97 Å².